The average molecular weight is 220 g/mol. The molecule has 0 saturated carbocycles. The molecule has 0 aromatic rings. The van der Waals surface area contributed by atoms with Crippen LogP contribution >= 0.6 is 0 Å². The number of carbonyl (C=O) groups is 1. The maximum Gasteiger partial charge on any atom is 0.338 e. The molecule has 3 rings (SSSR count). The van der Waals surface area contributed by atoms with Gasteiger partial charge in [-0.1, -0.05) is 18.6 Å². The van der Waals surface area contributed by atoms with Crippen molar-refractivity contribution in [2.45, 2.75) is 26.4 Å². The van der Waals surface area contributed by atoms with Gasteiger partial charge in [0, 0.05) is 5.57 Å². The standard InChI is InChI=1S/C13H16O3/c1-7-8(2)11-5-16-13(14)10(11)4-3-9(7)12-6-15-12/h4,7,9,12H,3,5-6H2,1-2H3. The molecule has 0 aromatic heterocycles. The van der Waals surface area contributed by atoms with Crippen LogP contribution in [0.4, 0.5) is 0 Å². The van der Waals surface area contributed by atoms with Gasteiger partial charge in [-0.2, -0.15) is 0 Å². The van der Waals surface area contributed by atoms with Gasteiger partial charge in [0.05, 0.1) is 18.3 Å². The molecule has 0 bridgehead atoms. The van der Waals surface area contributed by atoms with Crippen LogP contribution in [0, 0.1) is 11.8 Å². The van der Waals surface area contributed by atoms with Gasteiger partial charge < -0.3 is 9.47 Å². The van der Waals surface area contributed by atoms with E-state index in [1.54, 1.807) is 0 Å². The highest BCUT2D eigenvalue weighted by Gasteiger charge is 2.40. The van der Waals surface area contributed by atoms with E-state index in [9.17, 15) is 4.79 Å². The molecule has 0 radical (unpaired) electrons. The van der Waals surface area contributed by atoms with Crippen LogP contribution in [0.2, 0.25) is 0 Å². The second-order valence-corrected chi connectivity index (χ2v) is 4.92. The summed E-state index contributed by atoms with van der Waals surface area (Å²) in [6.45, 7) is 5.69. The third-order valence-electron chi connectivity index (χ3n) is 4.12. The highest BCUT2D eigenvalue weighted by Crippen LogP contribution is 2.40. The summed E-state index contributed by atoms with van der Waals surface area (Å²) in [4.78, 5) is 11.5. The molecule has 0 spiro atoms. The molecule has 0 aromatic carbocycles. The number of cyclic esters (lactones) is 1. The highest BCUT2D eigenvalue weighted by atomic mass is 16.6. The molecule has 3 nitrogen and oxygen atoms in total. The molecule has 1 aliphatic carbocycles. The van der Waals surface area contributed by atoms with Crippen molar-refractivity contribution in [3.8, 4) is 0 Å². The second-order valence-electron chi connectivity index (χ2n) is 4.92. The van der Waals surface area contributed by atoms with Crippen LogP contribution in [0.15, 0.2) is 22.8 Å². The summed E-state index contributed by atoms with van der Waals surface area (Å²) in [5.41, 5.74) is 3.21. The largest absolute Gasteiger partial charge is 0.457 e. The first-order valence-corrected chi connectivity index (χ1v) is 5.87. The molecule has 3 heteroatoms. The Morgan fingerprint density at radius 3 is 2.88 bits per heavy atom. The number of hydrogen-bond donors (Lipinski definition) is 0. The van der Waals surface area contributed by atoms with Crippen molar-refractivity contribution in [2.24, 2.45) is 11.8 Å². The lowest BCUT2D eigenvalue weighted by Crippen LogP contribution is -2.18. The van der Waals surface area contributed by atoms with E-state index in [1.807, 2.05) is 6.08 Å². The number of epoxide rings is 1. The number of fused-ring (bicyclic) bond motifs is 1. The quantitative estimate of drug-likeness (QED) is 0.500. The second kappa shape index (κ2) is 3.45. The Bertz CT molecular complexity index is 401. The Hall–Kier alpha value is -1.09. The van der Waals surface area contributed by atoms with Gasteiger partial charge in [0.1, 0.15) is 6.61 Å². The van der Waals surface area contributed by atoms with E-state index in [0.29, 0.717) is 24.5 Å². The zero-order valence-electron chi connectivity index (χ0n) is 9.66. The minimum atomic E-state index is -0.154. The number of rotatable bonds is 1. The van der Waals surface area contributed by atoms with E-state index in [-0.39, 0.29) is 5.97 Å². The molecule has 2 aliphatic heterocycles. The Morgan fingerprint density at radius 1 is 1.44 bits per heavy atom. The number of ether oxygens (including phenoxy) is 2. The monoisotopic (exact) mass is 220 g/mol. The molecule has 2 fully saturated rings. The Kier molecular flexibility index (Phi) is 2.18. The van der Waals surface area contributed by atoms with Crippen LogP contribution in [0.1, 0.15) is 20.3 Å². The summed E-state index contributed by atoms with van der Waals surface area (Å²) >= 11 is 0. The Morgan fingerprint density at radius 2 is 2.19 bits per heavy atom. The van der Waals surface area contributed by atoms with Crippen molar-refractivity contribution in [1.29, 1.82) is 0 Å². The number of allylic oxidation sites excluding steroid dienone is 2. The summed E-state index contributed by atoms with van der Waals surface area (Å²) in [7, 11) is 0. The first-order chi connectivity index (χ1) is 7.68. The summed E-state index contributed by atoms with van der Waals surface area (Å²) in [6.07, 6.45) is 3.37. The van der Waals surface area contributed by atoms with E-state index < -0.39 is 0 Å². The molecular weight excluding hydrogens is 204 g/mol. The van der Waals surface area contributed by atoms with E-state index >= 15 is 0 Å². The van der Waals surface area contributed by atoms with Crippen LogP contribution in [0.5, 0.6) is 0 Å². The fourth-order valence-electron chi connectivity index (χ4n) is 2.78. The lowest BCUT2D eigenvalue weighted by Gasteiger charge is -2.21. The third kappa shape index (κ3) is 1.42. The molecule has 3 unspecified atom stereocenters. The summed E-state index contributed by atoms with van der Waals surface area (Å²) in [5.74, 6) is 0.850. The SMILES string of the molecule is CC1=C2COC(=O)C2=CCC(C2CO2)C1C. The molecule has 0 N–H and O–H groups in total. The lowest BCUT2D eigenvalue weighted by molar-refractivity contribution is -0.135. The van der Waals surface area contributed by atoms with Gasteiger partial charge in [-0.15, -0.1) is 0 Å². The van der Waals surface area contributed by atoms with E-state index in [0.717, 1.165) is 24.2 Å². The van der Waals surface area contributed by atoms with Crippen LogP contribution in [0.3, 0.4) is 0 Å². The first kappa shape index (κ1) is 10.1. The van der Waals surface area contributed by atoms with Gasteiger partial charge in [0.15, 0.2) is 0 Å². The third-order valence-corrected chi connectivity index (χ3v) is 4.12. The van der Waals surface area contributed by atoms with Gasteiger partial charge in [0.25, 0.3) is 0 Å². The highest BCUT2D eigenvalue weighted by molar-refractivity contribution is 5.96. The molecule has 3 aliphatic rings. The van der Waals surface area contributed by atoms with Gasteiger partial charge in [0.2, 0.25) is 0 Å². The van der Waals surface area contributed by atoms with Gasteiger partial charge >= 0.3 is 5.97 Å². The fraction of sp³-hybridized carbons (Fsp3) is 0.615. The van der Waals surface area contributed by atoms with Crippen LogP contribution in [-0.4, -0.2) is 25.3 Å². The van der Waals surface area contributed by atoms with Crippen molar-refractivity contribution in [1.82, 2.24) is 0 Å². The van der Waals surface area contributed by atoms with Crippen LogP contribution in [-0.2, 0) is 14.3 Å². The number of esters is 1. The van der Waals surface area contributed by atoms with E-state index in [1.165, 1.54) is 5.57 Å². The Labute approximate surface area is 95.1 Å². The molecule has 2 heterocycles. The van der Waals surface area contributed by atoms with Gasteiger partial charge in [-0.3, -0.25) is 0 Å². The van der Waals surface area contributed by atoms with Crippen molar-refractivity contribution in [3.05, 3.63) is 22.8 Å². The maximum absolute atomic E-state index is 11.5. The minimum absolute atomic E-state index is 0.154. The lowest BCUT2D eigenvalue weighted by atomic mass is 9.83. The van der Waals surface area contributed by atoms with Crippen molar-refractivity contribution in [3.63, 3.8) is 0 Å². The molecule has 16 heavy (non-hydrogen) atoms. The topological polar surface area (TPSA) is 38.8 Å². The van der Waals surface area contributed by atoms with Crippen LogP contribution in [0.25, 0.3) is 0 Å². The molecule has 0 amide bonds. The summed E-state index contributed by atoms with van der Waals surface area (Å²) in [6, 6.07) is 0. The van der Waals surface area contributed by atoms with Crippen molar-refractivity contribution < 1.29 is 14.3 Å². The van der Waals surface area contributed by atoms with E-state index in [2.05, 4.69) is 13.8 Å². The fourth-order valence-corrected chi connectivity index (χ4v) is 2.78. The number of hydrogen-bond acceptors (Lipinski definition) is 3. The molecular formula is C13H16O3. The minimum Gasteiger partial charge on any atom is -0.457 e. The number of carbonyl (C=O) groups excluding carboxylic acids is 1. The van der Waals surface area contributed by atoms with E-state index in [4.69, 9.17) is 9.47 Å². The maximum atomic E-state index is 11.5. The zero-order valence-corrected chi connectivity index (χ0v) is 9.66. The first-order valence-electron chi connectivity index (χ1n) is 5.87. The molecule has 86 valence electrons. The smallest absolute Gasteiger partial charge is 0.338 e. The van der Waals surface area contributed by atoms with Crippen molar-refractivity contribution >= 4 is 5.97 Å². The summed E-state index contributed by atoms with van der Waals surface area (Å²) in [5, 5.41) is 0. The summed E-state index contributed by atoms with van der Waals surface area (Å²) < 4.78 is 10.5. The predicted molar refractivity (Wildman–Crippen MR) is 58.8 cm³/mol. The normalized spacial score (nSPS) is 37.8. The molecule has 2 saturated heterocycles. The predicted octanol–water partition coefficient (Wildman–Crippen LogP) is 1.84. The molecule has 3 atom stereocenters. The van der Waals surface area contributed by atoms with Gasteiger partial charge in [-0.05, 0) is 25.2 Å². The van der Waals surface area contributed by atoms with Crippen LogP contribution < -0.4 is 0 Å². The zero-order chi connectivity index (χ0) is 11.3. The average Bonchev–Trinajstić information content (AvgIpc) is 3.03. The Balaban J connectivity index is 1.99. The van der Waals surface area contributed by atoms with Gasteiger partial charge in [-0.25, -0.2) is 4.79 Å². The van der Waals surface area contributed by atoms with Crippen molar-refractivity contribution in [2.75, 3.05) is 13.2 Å².